The number of rotatable bonds is 3. The predicted octanol–water partition coefficient (Wildman–Crippen LogP) is 3.12. The molecule has 0 saturated heterocycles. The minimum atomic E-state index is 0.313. The topological polar surface area (TPSA) is 9.23 Å². The summed E-state index contributed by atoms with van der Waals surface area (Å²) >= 11 is 0. The Morgan fingerprint density at radius 3 is 2.86 bits per heavy atom. The van der Waals surface area contributed by atoms with Crippen molar-refractivity contribution < 1.29 is 4.74 Å². The number of allylic oxidation sites excluding steroid dienone is 2. The van der Waals surface area contributed by atoms with Gasteiger partial charge in [-0.15, -0.1) is 6.42 Å². The molecule has 0 heterocycles. The maximum atomic E-state index is 5.43. The Balaban J connectivity index is 2.98. The zero-order chi connectivity index (χ0) is 10.4. The lowest BCUT2D eigenvalue weighted by molar-refractivity contribution is 0.369. The van der Waals surface area contributed by atoms with Gasteiger partial charge in [-0.05, 0) is 25.5 Å². The van der Waals surface area contributed by atoms with E-state index in [0.29, 0.717) is 6.61 Å². The first-order valence-electron chi connectivity index (χ1n) is 4.58. The summed E-state index contributed by atoms with van der Waals surface area (Å²) in [6.07, 6.45) is 7.20. The lowest BCUT2D eigenvalue weighted by Crippen LogP contribution is -1.96. The fourth-order valence-electron chi connectivity index (χ4n) is 1.19. The highest BCUT2D eigenvalue weighted by atomic mass is 16.5. The van der Waals surface area contributed by atoms with Crippen molar-refractivity contribution in [2.24, 2.45) is 0 Å². The summed E-state index contributed by atoms with van der Waals surface area (Å²) in [6.45, 7) is 4.37. The number of hydrogen-bond donors (Lipinski definition) is 0. The van der Waals surface area contributed by atoms with E-state index < -0.39 is 0 Å². The van der Waals surface area contributed by atoms with Crippen LogP contribution >= 0.6 is 0 Å². The van der Waals surface area contributed by atoms with Gasteiger partial charge in [-0.1, -0.05) is 30.2 Å². The standard InChI is InChI=1S/C13H14O/c1-4-10-14-13-9-7-6-8-12(13)11(3)5-2/h1,5-9H,10H2,2-3H3/b11-5+. The molecular formula is C13H14O. The highest BCUT2D eigenvalue weighted by Crippen LogP contribution is 2.25. The average molecular weight is 186 g/mol. The predicted molar refractivity (Wildman–Crippen MR) is 60.1 cm³/mol. The second-order valence-corrected chi connectivity index (χ2v) is 2.96. The smallest absolute Gasteiger partial charge is 0.148 e. The van der Waals surface area contributed by atoms with Crippen LogP contribution in [0.4, 0.5) is 0 Å². The maximum absolute atomic E-state index is 5.43. The fourth-order valence-corrected chi connectivity index (χ4v) is 1.19. The summed E-state index contributed by atoms with van der Waals surface area (Å²) in [4.78, 5) is 0. The highest BCUT2D eigenvalue weighted by Gasteiger charge is 2.02. The van der Waals surface area contributed by atoms with Gasteiger partial charge in [0.05, 0.1) is 0 Å². The van der Waals surface area contributed by atoms with Crippen molar-refractivity contribution in [1.82, 2.24) is 0 Å². The van der Waals surface area contributed by atoms with E-state index in [2.05, 4.69) is 18.9 Å². The van der Waals surface area contributed by atoms with Gasteiger partial charge in [0.25, 0.3) is 0 Å². The van der Waals surface area contributed by atoms with Crippen molar-refractivity contribution in [3.8, 4) is 18.1 Å². The summed E-state index contributed by atoms with van der Waals surface area (Å²) in [6, 6.07) is 7.89. The van der Waals surface area contributed by atoms with Gasteiger partial charge in [-0.3, -0.25) is 0 Å². The van der Waals surface area contributed by atoms with E-state index >= 15 is 0 Å². The number of benzene rings is 1. The van der Waals surface area contributed by atoms with Gasteiger partial charge >= 0.3 is 0 Å². The molecule has 0 atom stereocenters. The fraction of sp³-hybridized carbons (Fsp3) is 0.231. The lowest BCUT2D eigenvalue weighted by Gasteiger charge is -2.09. The van der Waals surface area contributed by atoms with Gasteiger partial charge in [-0.2, -0.15) is 0 Å². The van der Waals surface area contributed by atoms with Crippen LogP contribution in [0.2, 0.25) is 0 Å². The van der Waals surface area contributed by atoms with E-state index in [9.17, 15) is 0 Å². The summed E-state index contributed by atoms with van der Waals surface area (Å²) in [7, 11) is 0. The van der Waals surface area contributed by atoms with E-state index in [-0.39, 0.29) is 0 Å². The third kappa shape index (κ3) is 2.40. The molecule has 0 unspecified atom stereocenters. The quantitative estimate of drug-likeness (QED) is 0.659. The summed E-state index contributed by atoms with van der Waals surface area (Å²) in [5.74, 6) is 3.31. The third-order valence-electron chi connectivity index (χ3n) is 2.06. The van der Waals surface area contributed by atoms with Crippen LogP contribution in [0.25, 0.3) is 5.57 Å². The Morgan fingerprint density at radius 1 is 1.50 bits per heavy atom. The molecule has 0 bridgehead atoms. The SMILES string of the molecule is C#CCOc1ccccc1/C(C)=C/C. The van der Waals surface area contributed by atoms with E-state index in [1.807, 2.05) is 31.2 Å². The molecule has 0 saturated carbocycles. The molecular weight excluding hydrogens is 172 g/mol. The molecule has 1 rings (SSSR count). The monoisotopic (exact) mass is 186 g/mol. The van der Waals surface area contributed by atoms with E-state index in [4.69, 9.17) is 11.2 Å². The van der Waals surface area contributed by atoms with Crippen molar-refractivity contribution >= 4 is 5.57 Å². The summed E-state index contributed by atoms with van der Waals surface area (Å²) in [5, 5.41) is 0. The van der Waals surface area contributed by atoms with Crippen molar-refractivity contribution in [1.29, 1.82) is 0 Å². The first kappa shape index (κ1) is 10.4. The molecule has 1 heteroatoms. The maximum Gasteiger partial charge on any atom is 0.148 e. The van der Waals surface area contributed by atoms with Crippen LogP contribution in [0.5, 0.6) is 5.75 Å². The molecule has 0 aromatic heterocycles. The second kappa shape index (κ2) is 5.14. The molecule has 1 aromatic rings. The number of ether oxygens (including phenoxy) is 1. The molecule has 14 heavy (non-hydrogen) atoms. The average Bonchev–Trinajstić information content (AvgIpc) is 2.25. The van der Waals surface area contributed by atoms with Crippen LogP contribution in [0.15, 0.2) is 30.3 Å². The Kier molecular flexibility index (Phi) is 3.82. The lowest BCUT2D eigenvalue weighted by atomic mass is 10.1. The Bertz CT molecular complexity index is 369. The molecule has 0 aliphatic carbocycles. The molecule has 0 aliphatic heterocycles. The minimum absolute atomic E-state index is 0.313. The molecule has 1 nitrogen and oxygen atoms in total. The van der Waals surface area contributed by atoms with Gasteiger partial charge in [0.15, 0.2) is 0 Å². The third-order valence-corrected chi connectivity index (χ3v) is 2.06. The summed E-state index contributed by atoms with van der Waals surface area (Å²) < 4.78 is 5.43. The van der Waals surface area contributed by atoms with E-state index in [1.54, 1.807) is 0 Å². The summed E-state index contributed by atoms with van der Waals surface area (Å²) in [5.41, 5.74) is 2.29. The zero-order valence-corrected chi connectivity index (χ0v) is 8.58. The molecule has 72 valence electrons. The zero-order valence-electron chi connectivity index (χ0n) is 8.58. The van der Waals surface area contributed by atoms with Crippen molar-refractivity contribution in [2.45, 2.75) is 13.8 Å². The van der Waals surface area contributed by atoms with Crippen LogP contribution in [0.3, 0.4) is 0 Å². The highest BCUT2D eigenvalue weighted by molar-refractivity contribution is 5.68. The van der Waals surface area contributed by atoms with Crippen LogP contribution in [0, 0.1) is 12.3 Å². The van der Waals surface area contributed by atoms with Crippen LogP contribution in [0.1, 0.15) is 19.4 Å². The number of para-hydroxylation sites is 1. The number of terminal acetylenes is 1. The van der Waals surface area contributed by atoms with E-state index in [1.165, 1.54) is 5.57 Å². The van der Waals surface area contributed by atoms with Crippen LogP contribution < -0.4 is 4.74 Å². The normalized spacial score (nSPS) is 10.8. The van der Waals surface area contributed by atoms with Crippen molar-refractivity contribution in [2.75, 3.05) is 6.61 Å². The molecule has 1 aromatic carbocycles. The first-order chi connectivity index (χ1) is 6.79. The van der Waals surface area contributed by atoms with Crippen LogP contribution in [-0.4, -0.2) is 6.61 Å². The van der Waals surface area contributed by atoms with Gasteiger partial charge in [0.1, 0.15) is 12.4 Å². The Morgan fingerprint density at radius 2 is 2.21 bits per heavy atom. The largest absolute Gasteiger partial charge is 0.480 e. The molecule has 0 amide bonds. The molecule has 0 fully saturated rings. The van der Waals surface area contributed by atoms with Crippen molar-refractivity contribution in [3.63, 3.8) is 0 Å². The van der Waals surface area contributed by atoms with Gasteiger partial charge < -0.3 is 4.74 Å². The van der Waals surface area contributed by atoms with Gasteiger partial charge in [0.2, 0.25) is 0 Å². The number of hydrogen-bond acceptors (Lipinski definition) is 1. The second-order valence-electron chi connectivity index (χ2n) is 2.96. The Labute approximate surface area is 85.4 Å². The molecule has 0 spiro atoms. The van der Waals surface area contributed by atoms with Crippen LogP contribution in [-0.2, 0) is 0 Å². The Hall–Kier alpha value is -1.68. The molecule has 0 N–H and O–H groups in total. The molecule has 0 radical (unpaired) electrons. The van der Waals surface area contributed by atoms with Crippen molar-refractivity contribution in [3.05, 3.63) is 35.9 Å². The van der Waals surface area contributed by atoms with Gasteiger partial charge in [0, 0.05) is 5.56 Å². The molecule has 0 aliphatic rings. The first-order valence-corrected chi connectivity index (χ1v) is 4.58. The minimum Gasteiger partial charge on any atom is -0.480 e. The van der Waals surface area contributed by atoms with Gasteiger partial charge in [-0.25, -0.2) is 0 Å². The van der Waals surface area contributed by atoms with E-state index in [0.717, 1.165) is 11.3 Å².